The molecule has 1 nitrogen and oxygen atoms in total. The highest BCUT2D eigenvalue weighted by molar-refractivity contribution is 5.18. The lowest BCUT2D eigenvalue weighted by Crippen LogP contribution is -2.27. The van der Waals surface area contributed by atoms with Crippen molar-refractivity contribution in [1.82, 2.24) is 5.32 Å². The molecule has 1 N–H and O–H groups in total. The molecular weight excluding hydrogens is 170 g/mol. The molecule has 0 radical (unpaired) electrons. The molecule has 0 aliphatic carbocycles. The summed E-state index contributed by atoms with van der Waals surface area (Å²) in [6, 6.07) is 0.558. The third-order valence-electron chi connectivity index (χ3n) is 2.54. The molecule has 1 atom stereocenters. The Morgan fingerprint density at radius 2 is 2.07 bits per heavy atom. The first-order chi connectivity index (χ1) is 6.47. The average Bonchev–Trinajstić information content (AvgIpc) is 2.01. The Hall–Kier alpha value is -0.720. The molecule has 80 valence electrons. The lowest BCUT2D eigenvalue weighted by Gasteiger charge is -2.22. The average molecular weight is 193 g/mol. The Labute approximate surface area is 88.3 Å². The third kappa shape index (κ3) is 4.50. The fourth-order valence-electron chi connectivity index (χ4n) is 1.74. The topological polar surface area (TPSA) is 12.0 Å². The first kappa shape index (κ1) is 11.4. The van der Waals surface area contributed by atoms with Gasteiger partial charge in [-0.15, -0.1) is 0 Å². The fraction of sp³-hybridized carbons (Fsp3) is 0.692. The zero-order valence-electron chi connectivity index (χ0n) is 9.93. The summed E-state index contributed by atoms with van der Waals surface area (Å²) >= 11 is 0. The van der Waals surface area contributed by atoms with E-state index in [0.29, 0.717) is 11.5 Å². The van der Waals surface area contributed by atoms with E-state index in [4.69, 9.17) is 0 Å². The summed E-state index contributed by atoms with van der Waals surface area (Å²) in [5.41, 5.74) is 1.76. The molecule has 0 saturated carbocycles. The molecule has 0 aromatic heterocycles. The van der Waals surface area contributed by atoms with Crippen LogP contribution in [0.1, 0.15) is 47.0 Å². The van der Waals surface area contributed by atoms with Crippen molar-refractivity contribution in [3.05, 3.63) is 23.9 Å². The highest BCUT2D eigenvalue weighted by Gasteiger charge is 2.12. The van der Waals surface area contributed by atoms with Crippen LogP contribution in [0.25, 0.3) is 0 Å². The highest BCUT2D eigenvalue weighted by atomic mass is 14.9. The number of hydrogen-bond donors (Lipinski definition) is 1. The van der Waals surface area contributed by atoms with E-state index >= 15 is 0 Å². The molecular formula is C13H23N. The smallest absolute Gasteiger partial charge is 0.0444 e. The summed E-state index contributed by atoms with van der Waals surface area (Å²) in [6.45, 7) is 9.05. The molecule has 0 spiro atoms. The van der Waals surface area contributed by atoms with Crippen molar-refractivity contribution in [1.29, 1.82) is 0 Å². The van der Waals surface area contributed by atoms with Gasteiger partial charge in [0.2, 0.25) is 0 Å². The first-order valence-electron chi connectivity index (χ1n) is 5.59. The first-order valence-corrected chi connectivity index (χ1v) is 5.59. The second-order valence-corrected chi connectivity index (χ2v) is 5.44. The highest BCUT2D eigenvalue weighted by Crippen LogP contribution is 2.22. The van der Waals surface area contributed by atoms with E-state index in [2.05, 4.69) is 51.2 Å². The summed E-state index contributed by atoms with van der Waals surface area (Å²) in [5.74, 6) is 0. The SMILES string of the molecule is CC1=CC=CC(CCCC(C)(C)C)N1. The maximum Gasteiger partial charge on any atom is 0.0444 e. The molecule has 1 aliphatic heterocycles. The van der Waals surface area contributed by atoms with Crippen LogP contribution in [-0.4, -0.2) is 6.04 Å². The van der Waals surface area contributed by atoms with Crippen LogP contribution in [0.2, 0.25) is 0 Å². The number of hydrogen-bond acceptors (Lipinski definition) is 1. The second-order valence-electron chi connectivity index (χ2n) is 5.44. The number of allylic oxidation sites excluding steroid dienone is 3. The Morgan fingerprint density at radius 1 is 1.36 bits per heavy atom. The van der Waals surface area contributed by atoms with E-state index in [1.165, 1.54) is 25.0 Å². The largest absolute Gasteiger partial charge is 0.382 e. The monoisotopic (exact) mass is 193 g/mol. The minimum absolute atomic E-state index is 0.475. The van der Waals surface area contributed by atoms with Gasteiger partial charge in [0.05, 0.1) is 0 Å². The van der Waals surface area contributed by atoms with Gasteiger partial charge in [-0.05, 0) is 31.3 Å². The molecule has 1 rings (SSSR count). The molecule has 1 unspecified atom stereocenters. The van der Waals surface area contributed by atoms with Crippen LogP contribution in [0.15, 0.2) is 23.9 Å². The van der Waals surface area contributed by atoms with Gasteiger partial charge in [-0.2, -0.15) is 0 Å². The minimum atomic E-state index is 0.475. The van der Waals surface area contributed by atoms with Crippen molar-refractivity contribution in [2.75, 3.05) is 0 Å². The van der Waals surface area contributed by atoms with Crippen molar-refractivity contribution in [2.45, 2.75) is 53.0 Å². The Bertz CT molecular complexity index is 230. The molecule has 0 aromatic carbocycles. The molecule has 0 fully saturated rings. The third-order valence-corrected chi connectivity index (χ3v) is 2.54. The van der Waals surface area contributed by atoms with Gasteiger partial charge in [-0.3, -0.25) is 0 Å². The van der Waals surface area contributed by atoms with E-state index in [9.17, 15) is 0 Å². The summed E-state index contributed by atoms with van der Waals surface area (Å²) < 4.78 is 0. The van der Waals surface area contributed by atoms with Crippen LogP contribution in [0.4, 0.5) is 0 Å². The van der Waals surface area contributed by atoms with Crippen LogP contribution in [0.3, 0.4) is 0 Å². The molecule has 0 bridgehead atoms. The van der Waals surface area contributed by atoms with Gasteiger partial charge >= 0.3 is 0 Å². The summed E-state index contributed by atoms with van der Waals surface area (Å²) in [5, 5.41) is 3.48. The second kappa shape index (κ2) is 4.68. The minimum Gasteiger partial charge on any atom is -0.382 e. The van der Waals surface area contributed by atoms with E-state index in [-0.39, 0.29) is 0 Å². The Morgan fingerprint density at radius 3 is 2.64 bits per heavy atom. The lowest BCUT2D eigenvalue weighted by molar-refractivity contribution is 0.353. The number of rotatable bonds is 3. The summed E-state index contributed by atoms with van der Waals surface area (Å²) in [6.07, 6.45) is 10.4. The van der Waals surface area contributed by atoms with Gasteiger partial charge in [0.25, 0.3) is 0 Å². The van der Waals surface area contributed by atoms with Crippen LogP contribution < -0.4 is 5.32 Å². The van der Waals surface area contributed by atoms with Gasteiger partial charge in [0, 0.05) is 11.7 Å². The van der Waals surface area contributed by atoms with E-state index < -0.39 is 0 Å². The van der Waals surface area contributed by atoms with Gasteiger partial charge in [-0.1, -0.05) is 39.3 Å². The molecule has 0 amide bonds. The fourth-order valence-corrected chi connectivity index (χ4v) is 1.74. The zero-order valence-corrected chi connectivity index (χ0v) is 9.93. The molecule has 0 aromatic rings. The number of nitrogens with one attached hydrogen (secondary N) is 1. The quantitative estimate of drug-likeness (QED) is 0.721. The van der Waals surface area contributed by atoms with Crippen molar-refractivity contribution in [3.8, 4) is 0 Å². The van der Waals surface area contributed by atoms with Crippen LogP contribution in [0, 0.1) is 5.41 Å². The van der Waals surface area contributed by atoms with E-state index in [1.807, 2.05) is 0 Å². The summed E-state index contributed by atoms with van der Waals surface area (Å²) in [4.78, 5) is 0. The van der Waals surface area contributed by atoms with Crippen molar-refractivity contribution < 1.29 is 0 Å². The molecule has 1 heteroatoms. The maximum absolute atomic E-state index is 3.48. The van der Waals surface area contributed by atoms with Crippen LogP contribution in [-0.2, 0) is 0 Å². The molecule has 1 aliphatic rings. The zero-order chi connectivity index (χ0) is 10.6. The lowest BCUT2D eigenvalue weighted by atomic mass is 9.89. The van der Waals surface area contributed by atoms with Crippen molar-refractivity contribution in [3.63, 3.8) is 0 Å². The van der Waals surface area contributed by atoms with Gasteiger partial charge in [-0.25, -0.2) is 0 Å². The normalized spacial score (nSPS) is 21.7. The molecule has 0 saturated heterocycles. The number of dihydropyridines is 1. The van der Waals surface area contributed by atoms with Crippen LogP contribution in [0.5, 0.6) is 0 Å². The molecule has 14 heavy (non-hydrogen) atoms. The standard InChI is InChI=1S/C13H23N/c1-11-7-5-8-12(14-11)9-6-10-13(2,3)4/h5,7-8,12,14H,6,9-10H2,1-4H3. The Balaban J connectivity index is 2.21. The van der Waals surface area contributed by atoms with Crippen LogP contribution >= 0.6 is 0 Å². The summed E-state index contributed by atoms with van der Waals surface area (Å²) in [7, 11) is 0. The van der Waals surface area contributed by atoms with E-state index in [0.717, 1.165) is 0 Å². The van der Waals surface area contributed by atoms with Gasteiger partial charge < -0.3 is 5.32 Å². The van der Waals surface area contributed by atoms with E-state index in [1.54, 1.807) is 0 Å². The maximum atomic E-state index is 3.48. The van der Waals surface area contributed by atoms with Crippen molar-refractivity contribution in [2.24, 2.45) is 5.41 Å². The predicted octanol–water partition coefficient (Wildman–Crippen LogP) is 3.63. The predicted molar refractivity (Wildman–Crippen MR) is 63.1 cm³/mol. The van der Waals surface area contributed by atoms with Gasteiger partial charge in [0.15, 0.2) is 0 Å². The van der Waals surface area contributed by atoms with Crippen molar-refractivity contribution >= 4 is 0 Å². The van der Waals surface area contributed by atoms with Gasteiger partial charge in [0.1, 0.15) is 0 Å². The Kier molecular flexibility index (Phi) is 3.79. The molecule has 1 heterocycles.